The van der Waals surface area contributed by atoms with Gasteiger partial charge in [-0.2, -0.15) is 0 Å². The maximum absolute atomic E-state index is 12.7. The molecule has 9 heteroatoms. The zero-order valence-corrected chi connectivity index (χ0v) is 18.0. The average molecular weight is 431 g/mol. The largest absolute Gasteiger partial charge is 0.296 e. The predicted octanol–water partition coefficient (Wildman–Crippen LogP) is 3.84. The molecule has 1 atom stereocenters. The van der Waals surface area contributed by atoms with Crippen LogP contribution in [0, 0.1) is 13.8 Å². The molecule has 0 bridgehead atoms. The van der Waals surface area contributed by atoms with E-state index in [-0.39, 0.29) is 21.4 Å². The van der Waals surface area contributed by atoms with Crippen molar-refractivity contribution in [3.8, 4) is 0 Å². The Morgan fingerprint density at radius 1 is 1.07 bits per heavy atom. The van der Waals surface area contributed by atoms with Gasteiger partial charge in [0.15, 0.2) is 0 Å². The highest BCUT2D eigenvalue weighted by Crippen LogP contribution is 2.24. The number of hydrogen-bond donors (Lipinski definition) is 2. The van der Waals surface area contributed by atoms with Gasteiger partial charge in [0, 0.05) is 11.6 Å². The number of carbonyl (C=O) groups excluding carboxylic acids is 1. The number of nitrogens with zero attached hydrogens (tertiary/aromatic N) is 2. The van der Waals surface area contributed by atoms with Crippen LogP contribution in [0.15, 0.2) is 52.9 Å². The lowest BCUT2D eigenvalue weighted by atomic mass is 10.0. The van der Waals surface area contributed by atoms with Crippen molar-refractivity contribution in [2.45, 2.75) is 37.6 Å². The fourth-order valence-electron chi connectivity index (χ4n) is 2.75. The summed E-state index contributed by atoms with van der Waals surface area (Å²) in [4.78, 5) is 12.3. The van der Waals surface area contributed by atoms with E-state index in [0.717, 1.165) is 28.0 Å². The third kappa shape index (κ3) is 5.26. The van der Waals surface area contributed by atoms with Crippen molar-refractivity contribution < 1.29 is 13.2 Å². The summed E-state index contributed by atoms with van der Waals surface area (Å²) in [6.07, 6.45) is 0.581. The minimum atomic E-state index is -3.87. The van der Waals surface area contributed by atoms with Crippen LogP contribution < -0.4 is 10.0 Å². The van der Waals surface area contributed by atoms with E-state index >= 15 is 0 Å². The van der Waals surface area contributed by atoms with Crippen LogP contribution in [-0.4, -0.2) is 24.5 Å². The molecule has 1 amide bonds. The molecule has 1 aromatic heterocycles. The first-order valence-electron chi connectivity index (χ1n) is 9.09. The van der Waals surface area contributed by atoms with Crippen molar-refractivity contribution in [1.29, 1.82) is 0 Å². The van der Waals surface area contributed by atoms with Crippen molar-refractivity contribution >= 4 is 32.4 Å². The number of hydrogen-bond acceptors (Lipinski definition) is 6. The van der Waals surface area contributed by atoms with Crippen molar-refractivity contribution in [1.82, 2.24) is 14.9 Å². The molecule has 29 heavy (non-hydrogen) atoms. The van der Waals surface area contributed by atoms with Crippen LogP contribution in [0.25, 0.3) is 0 Å². The molecule has 0 spiro atoms. The lowest BCUT2D eigenvalue weighted by molar-refractivity contribution is 0.102. The Kier molecular flexibility index (Phi) is 6.41. The number of aromatic nitrogens is 2. The van der Waals surface area contributed by atoms with Gasteiger partial charge in [0.25, 0.3) is 15.9 Å². The van der Waals surface area contributed by atoms with Crippen molar-refractivity contribution in [3.63, 3.8) is 0 Å². The number of nitrogens with one attached hydrogen (secondary N) is 2. The number of rotatable bonds is 7. The Morgan fingerprint density at radius 2 is 1.79 bits per heavy atom. The summed E-state index contributed by atoms with van der Waals surface area (Å²) in [7, 11) is -3.87. The highest BCUT2D eigenvalue weighted by atomic mass is 32.2. The van der Waals surface area contributed by atoms with Crippen LogP contribution in [-0.2, 0) is 10.0 Å². The standard InChI is InChI=1S/C20H22N4O3S2/c1-4-17(15-10-8-13(2)9-11-15)24-29(26,27)20-23-22-19(28-20)21-18(25)16-7-5-6-14(3)12-16/h5-12,17,24H,4H2,1-3H3,(H,21,22,25). The van der Waals surface area contributed by atoms with Gasteiger partial charge in [0.1, 0.15) is 0 Å². The molecule has 1 unspecified atom stereocenters. The van der Waals surface area contributed by atoms with Gasteiger partial charge >= 0.3 is 0 Å². The zero-order chi connectivity index (χ0) is 21.0. The summed E-state index contributed by atoms with van der Waals surface area (Å²) < 4.78 is 28.0. The monoisotopic (exact) mass is 430 g/mol. The second-order valence-electron chi connectivity index (χ2n) is 6.69. The van der Waals surface area contributed by atoms with E-state index in [4.69, 9.17) is 0 Å². The number of amides is 1. The second kappa shape index (κ2) is 8.81. The van der Waals surface area contributed by atoms with Gasteiger partial charge in [0.05, 0.1) is 0 Å². The molecule has 1 heterocycles. The highest BCUT2D eigenvalue weighted by molar-refractivity contribution is 7.91. The topological polar surface area (TPSA) is 101 Å². The summed E-state index contributed by atoms with van der Waals surface area (Å²) in [5, 5.41) is 10.3. The molecule has 0 radical (unpaired) electrons. The van der Waals surface area contributed by atoms with Crippen LogP contribution in [0.4, 0.5) is 5.13 Å². The lowest BCUT2D eigenvalue weighted by Crippen LogP contribution is -2.28. The van der Waals surface area contributed by atoms with Crippen LogP contribution in [0.5, 0.6) is 0 Å². The quantitative estimate of drug-likeness (QED) is 0.555. The number of benzene rings is 2. The summed E-state index contributed by atoms with van der Waals surface area (Å²) in [5.41, 5.74) is 3.39. The maximum atomic E-state index is 12.7. The van der Waals surface area contributed by atoms with Gasteiger partial charge in [-0.15, -0.1) is 10.2 Å². The van der Waals surface area contributed by atoms with Crippen molar-refractivity contribution in [2.75, 3.05) is 5.32 Å². The normalized spacial score (nSPS) is 12.5. The van der Waals surface area contributed by atoms with Gasteiger partial charge in [-0.1, -0.05) is 65.8 Å². The van der Waals surface area contributed by atoms with Gasteiger partial charge < -0.3 is 0 Å². The van der Waals surface area contributed by atoms with Crippen LogP contribution in [0.2, 0.25) is 0 Å². The minimum Gasteiger partial charge on any atom is -0.296 e. The molecular weight excluding hydrogens is 408 g/mol. The van der Waals surface area contributed by atoms with E-state index < -0.39 is 10.0 Å². The average Bonchev–Trinajstić information content (AvgIpc) is 3.16. The Morgan fingerprint density at radius 3 is 2.45 bits per heavy atom. The zero-order valence-electron chi connectivity index (χ0n) is 16.3. The summed E-state index contributed by atoms with van der Waals surface area (Å²) >= 11 is 0.813. The second-order valence-corrected chi connectivity index (χ2v) is 9.55. The SMILES string of the molecule is CCC(NS(=O)(=O)c1nnc(NC(=O)c2cccc(C)c2)s1)c1ccc(C)cc1. The van der Waals surface area contributed by atoms with Crippen LogP contribution >= 0.6 is 11.3 Å². The van der Waals surface area contributed by atoms with Gasteiger partial charge in [-0.05, 0) is 38.0 Å². The molecule has 0 aliphatic rings. The third-order valence-corrected chi connectivity index (χ3v) is 7.00. The molecule has 2 N–H and O–H groups in total. The highest BCUT2D eigenvalue weighted by Gasteiger charge is 2.25. The van der Waals surface area contributed by atoms with E-state index in [1.54, 1.807) is 18.2 Å². The molecular formula is C20H22N4O3S2. The van der Waals surface area contributed by atoms with Gasteiger partial charge in [-0.25, -0.2) is 13.1 Å². The Labute approximate surface area is 174 Å². The molecule has 0 aliphatic heterocycles. The first kappa shape index (κ1) is 21.1. The Balaban J connectivity index is 1.74. The van der Waals surface area contributed by atoms with Crippen molar-refractivity contribution in [2.24, 2.45) is 0 Å². The molecule has 0 fully saturated rings. The Bertz CT molecular complexity index is 1110. The maximum Gasteiger partial charge on any atom is 0.270 e. The van der Waals surface area contributed by atoms with Crippen LogP contribution in [0.1, 0.15) is 46.4 Å². The number of carbonyl (C=O) groups is 1. The van der Waals surface area contributed by atoms with Gasteiger partial charge in [-0.3, -0.25) is 10.1 Å². The van der Waals surface area contributed by atoms with E-state index in [1.165, 1.54) is 0 Å². The van der Waals surface area contributed by atoms with Gasteiger partial charge in [0.2, 0.25) is 9.47 Å². The molecule has 2 aromatic carbocycles. The number of sulfonamides is 1. The third-order valence-electron chi connectivity index (χ3n) is 4.32. The summed E-state index contributed by atoms with van der Waals surface area (Å²) in [6.45, 7) is 5.76. The van der Waals surface area contributed by atoms with Crippen LogP contribution in [0.3, 0.4) is 0 Å². The van der Waals surface area contributed by atoms with Crippen molar-refractivity contribution in [3.05, 3.63) is 70.8 Å². The molecule has 7 nitrogen and oxygen atoms in total. The number of anilines is 1. The van der Waals surface area contributed by atoms with E-state index in [0.29, 0.717) is 12.0 Å². The Hall–Kier alpha value is -2.62. The lowest BCUT2D eigenvalue weighted by Gasteiger charge is -2.16. The van der Waals surface area contributed by atoms with E-state index in [9.17, 15) is 13.2 Å². The smallest absolute Gasteiger partial charge is 0.270 e. The number of aryl methyl sites for hydroxylation is 2. The molecule has 3 aromatic rings. The fraction of sp³-hybridized carbons (Fsp3) is 0.250. The first-order valence-corrected chi connectivity index (χ1v) is 11.4. The van der Waals surface area contributed by atoms with E-state index in [1.807, 2.05) is 51.1 Å². The molecule has 152 valence electrons. The molecule has 0 saturated carbocycles. The van der Waals surface area contributed by atoms with E-state index in [2.05, 4.69) is 20.2 Å². The summed E-state index contributed by atoms with van der Waals surface area (Å²) in [5.74, 6) is -0.368. The molecule has 3 rings (SSSR count). The minimum absolute atomic E-state index is 0.125. The predicted molar refractivity (Wildman–Crippen MR) is 114 cm³/mol. The molecule has 0 aliphatic carbocycles. The first-order chi connectivity index (χ1) is 13.8. The fourth-order valence-corrected chi connectivity index (χ4v) is 4.97. The summed E-state index contributed by atoms with van der Waals surface area (Å²) in [6, 6.07) is 14.4. The molecule has 0 saturated heterocycles.